The number of allylic oxidation sites excluding steroid dienone is 1. The van der Waals surface area contributed by atoms with E-state index in [0.29, 0.717) is 4.91 Å². The van der Waals surface area contributed by atoms with Crippen LogP contribution in [-0.2, 0) is 10.8 Å². The summed E-state index contributed by atoms with van der Waals surface area (Å²) in [5.74, 6) is 0. The number of aryl methyl sites for hydroxylation is 1. The van der Waals surface area contributed by atoms with Crippen LogP contribution < -0.4 is 0 Å². The van der Waals surface area contributed by atoms with E-state index < -0.39 is 10.8 Å². The van der Waals surface area contributed by atoms with Crippen molar-refractivity contribution < 1.29 is 4.21 Å². The predicted octanol–water partition coefficient (Wildman–Crippen LogP) is 2.64. The van der Waals surface area contributed by atoms with E-state index >= 15 is 0 Å². The van der Waals surface area contributed by atoms with E-state index in [1.807, 2.05) is 31.2 Å². The van der Waals surface area contributed by atoms with Crippen LogP contribution >= 0.6 is 0 Å². The molecule has 0 spiro atoms. The van der Waals surface area contributed by atoms with Gasteiger partial charge in [-0.25, -0.2) is 4.21 Å². The highest BCUT2D eigenvalue weighted by Crippen LogP contribution is 2.12. The highest BCUT2D eigenvalue weighted by Gasteiger charge is 2.02. The molecule has 64 valence electrons. The van der Waals surface area contributed by atoms with E-state index in [2.05, 4.69) is 6.58 Å². The molecule has 1 aromatic carbocycles. The molecule has 0 amide bonds. The lowest BCUT2D eigenvalue weighted by Crippen LogP contribution is -1.90. The molecule has 12 heavy (non-hydrogen) atoms. The van der Waals surface area contributed by atoms with Crippen LogP contribution in [0.25, 0.3) is 0 Å². The second-order valence-electron chi connectivity index (χ2n) is 2.78. The number of hydrogen-bond acceptors (Lipinski definition) is 1. The Morgan fingerprint density at radius 1 is 1.33 bits per heavy atom. The number of rotatable bonds is 2. The molecule has 1 nitrogen and oxygen atoms in total. The van der Waals surface area contributed by atoms with Crippen LogP contribution in [0.2, 0.25) is 0 Å². The monoisotopic (exact) mass is 180 g/mol. The Morgan fingerprint density at radius 2 is 1.83 bits per heavy atom. The Bertz CT molecular complexity index is 311. The van der Waals surface area contributed by atoms with Gasteiger partial charge in [0.25, 0.3) is 0 Å². The molecule has 0 heterocycles. The van der Waals surface area contributed by atoms with Crippen LogP contribution in [0.4, 0.5) is 0 Å². The number of hydrogen-bond donors (Lipinski definition) is 0. The van der Waals surface area contributed by atoms with Crippen LogP contribution in [0.15, 0.2) is 40.6 Å². The minimum absolute atomic E-state index is 0.693. The zero-order valence-corrected chi connectivity index (χ0v) is 8.15. The van der Waals surface area contributed by atoms with Crippen molar-refractivity contribution in [3.63, 3.8) is 0 Å². The fourth-order valence-corrected chi connectivity index (χ4v) is 1.65. The minimum atomic E-state index is -1.04. The first-order valence-electron chi connectivity index (χ1n) is 3.75. The van der Waals surface area contributed by atoms with Gasteiger partial charge in [0.1, 0.15) is 0 Å². The maximum absolute atomic E-state index is 11.5. The second kappa shape index (κ2) is 3.68. The summed E-state index contributed by atoms with van der Waals surface area (Å²) in [4.78, 5) is 1.52. The summed E-state index contributed by atoms with van der Waals surface area (Å²) in [6.45, 7) is 7.43. The quantitative estimate of drug-likeness (QED) is 0.683. The van der Waals surface area contributed by atoms with Crippen molar-refractivity contribution in [1.29, 1.82) is 0 Å². The van der Waals surface area contributed by atoms with Gasteiger partial charge in [0.15, 0.2) is 0 Å². The fourth-order valence-electron chi connectivity index (χ4n) is 0.863. The lowest BCUT2D eigenvalue weighted by Gasteiger charge is -2.00. The Balaban J connectivity index is 2.98. The molecule has 1 atom stereocenters. The minimum Gasteiger partial charge on any atom is -0.249 e. The molecule has 0 aliphatic carbocycles. The van der Waals surface area contributed by atoms with Gasteiger partial charge >= 0.3 is 0 Å². The molecule has 0 radical (unpaired) electrons. The van der Waals surface area contributed by atoms with Crippen molar-refractivity contribution in [3.05, 3.63) is 41.3 Å². The molecule has 1 unspecified atom stereocenters. The van der Waals surface area contributed by atoms with Crippen molar-refractivity contribution in [3.8, 4) is 0 Å². The topological polar surface area (TPSA) is 17.1 Å². The first-order chi connectivity index (χ1) is 5.61. The van der Waals surface area contributed by atoms with Crippen molar-refractivity contribution in [2.45, 2.75) is 18.7 Å². The summed E-state index contributed by atoms with van der Waals surface area (Å²) in [5, 5.41) is 0. The normalized spacial score (nSPS) is 12.5. The van der Waals surface area contributed by atoms with Crippen molar-refractivity contribution in [2.24, 2.45) is 0 Å². The van der Waals surface area contributed by atoms with E-state index in [9.17, 15) is 4.21 Å². The summed E-state index contributed by atoms with van der Waals surface area (Å²) in [6, 6.07) is 7.66. The summed E-state index contributed by atoms with van der Waals surface area (Å²) < 4.78 is 11.5. The second-order valence-corrected chi connectivity index (χ2v) is 4.49. The summed E-state index contributed by atoms with van der Waals surface area (Å²) in [7, 11) is -1.04. The Hall–Kier alpha value is -0.890. The molecule has 0 saturated carbocycles. The first kappa shape index (κ1) is 9.20. The third-order valence-electron chi connectivity index (χ3n) is 1.55. The van der Waals surface area contributed by atoms with Gasteiger partial charge in [-0.05, 0) is 26.0 Å². The van der Waals surface area contributed by atoms with Crippen molar-refractivity contribution in [1.82, 2.24) is 0 Å². The maximum atomic E-state index is 11.5. The Labute approximate surface area is 75.6 Å². The van der Waals surface area contributed by atoms with Gasteiger partial charge in [0.2, 0.25) is 0 Å². The maximum Gasteiger partial charge on any atom is 0.0799 e. The van der Waals surface area contributed by atoms with Crippen LogP contribution in [-0.4, -0.2) is 4.21 Å². The SMILES string of the molecule is C=C(C)S(=O)c1ccc(C)cc1. The molecule has 2 heteroatoms. The first-order valence-corrected chi connectivity index (χ1v) is 4.90. The van der Waals surface area contributed by atoms with Gasteiger partial charge in [-0.2, -0.15) is 0 Å². The number of benzene rings is 1. The van der Waals surface area contributed by atoms with E-state index in [1.54, 1.807) is 6.92 Å². The predicted molar refractivity (Wildman–Crippen MR) is 52.4 cm³/mol. The Morgan fingerprint density at radius 3 is 2.25 bits per heavy atom. The lowest BCUT2D eigenvalue weighted by molar-refractivity contribution is 0.687. The molecule has 0 saturated heterocycles. The van der Waals surface area contributed by atoms with Gasteiger partial charge in [-0.15, -0.1) is 0 Å². The molecule has 0 aliphatic rings. The van der Waals surface area contributed by atoms with Crippen LogP contribution in [0, 0.1) is 6.92 Å². The van der Waals surface area contributed by atoms with Crippen LogP contribution in [0.5, 0.6) is 0 Å². The third-order valence-corrected chi connectivity index (χ3v) is 2.88. The highest BCUT2D eigenvalue weighted by atomic mass is 32.2. The standard InChI is InChI=1S/C10H12OS/c1-8(2)12(11)10-6-4-9(3)5-7-10/h4-7H,1H2,2-3H3. The molecule has 0 aliphatic heterocycles. The van der Waals surface area contributed by atoms with Gasteiger partial charge in [-0.3, -0.25) is 0 Å². The van der Waals surface area contributed by atoms with Crippen LogP contribution in [0.3, 0.4) is 0 Å². The third kappa shape index (κ3) is 2.05. The van der Waals surface area contributed by atoms with Crippen LogP contribution in [0.1, 0.15) is 12.5 Å². The van der Waals surface area contributed by atoms with Crippen molar-refractivity contribution >= 4 is 10.8 Å². The largest absolute Gasteiger partial charge is 0.249 e. The van der Waals surface area contributed by atoms with E-state index in [1.165, 1.54) is 5.56 Å². The summed E-state index contributed by atoms with van der Waals surface area (Å²) >= 11 is 0. The summed E-state index contributed by atoms with van der Waals surface area (Å²) in [6.07, 6.45) is 0. The zero-order valence-electron chi connectivity index (χ0n) is 7.33. The van der Waals surface area contributed by atoms with Gasteiger partial charge in [0, 0.05) is 9.80 Å². The van der Waals surface area contributed by atoms with E-state index in [-0.39, 0.29) is 0 Å². The van der Waals surface area contributed by atoms with E-state index in [0.717, 1.165) is 4.90 Å². The summed E-state index contributed by atoms with van der Waals surface area (Å²) in [5.41, 5.74) is 1.18. The van der Waals surface area contributed by atoms with Gasteiger partial charge < -0.3 is 0 Å². The molecule has 0 fully saturated rings. The lowest BCUT2D eigenvalue weighted by atomic mass is 10.2. The van der Waals surface area contributed by atoms with Gasteiger partial charge in [-0.1, -0.05) is 24.3 Å². The molecular weight excluding hydrogens is 168 g/mol. The smallest absolute Gasteiger partial charge is 0.0799 e. The molecule has 1 aromatic rings. The molecule has 1 rings (SSSR count). The molecule has 0 aromatic heterocycles. The molecular formula is C10H12OS. The molecule has 0 N–H and O–H groups in total. The average molecular weight is 180 g/mol. The van der Waals surface area contributed by atoms with Crippen molar-refractivity contribution in [2.75, 3.05) is 0 Å². The zero-order chi connectivity index (χ0) is 9.14. The molecule has 0 bridgehead atoms. The van der Waals surface area contributed by atoms with Gasteiger partial charge in [0.05, 0.1) is 10.8 Å². The fraction of sp³-hybridized carbons (Fsp3) is 0.200. The highest BCUT2D eigenvalue weighted by molar-refractivity contribution is 7.89. The Kier molecular flexibility index (Phi) is 2.82. The average Bonchev–Trinajstić information content (AvgIpc) is 2.04. The van der Waals surface area contributed by atoms with E-state index in [4.69, 9.17) is 0 Å².